The van der Waals surface area contributed by atoms with Gasteiger partial charge in [0.15, 0.2) is 0 Å². The third-order valence-electron chi connectivity index (χ3n) is 1.24. The third kappa shape index (κ3) is 4.31. The first-order valence-corrected chi connectivity index (χ1v) is 3.51. The Balaban J connectivity index is 3.75. The molecule has 0 unspecified atom stereocenters. The molecule has 0 fully saturated rings. The summed E-state index contributed by atoms with van der Waals surface area (Å²) < 4.78 is 0. The molecule has 0 aliphatic heterocycles. The SMILES string of the molecule is C=CNC(=O)CC(=O)C(C)C. The highest BCUT2D eigenvalue weighted by Crippen LogP contribution is 1.97. The molecule has 0 atom stereocenters. The normalized spacial score (nSPS) is 9.36. The minimum Gasteiger partial charge on any atom is -0.333 e. The van der Waals surface area contributed by atoms with E-state index in [1.807, 2.05) is 0 Å². The minimum atomic E-state index is -0.293. The molecule has 0 aliphatic rings. The molecule has 62 valence electrons. The molecule has 0 saturated heterocycles. The molecule has 1 N–H and O–H groups in total. The Labute approximate surface area is 66.5 Å². The highest BCUT2D eigenvalue weighted by atomic mass is 16.2. The van der Waals surface area contributed by atoms with Gasteiger partial charge >= 0.3 is 0 Å². The monoisotopic (exact) mass is 155 g/mol. The van der Waals surface area contributed by atoms with Crippen LogP contribution in [0.2, 0.25) is 0 Å². The number of amides is 1. The van der Waals surface area contributed by atoms with Crippen LogP contribution in [-0.2, 0) is 9.59 Å². The smallest absolute Gasteiger partial charge is 0.231 e. The summed E-state index contributed by atoms with van der Waals surface area (Å²) >= 11 is 0. The predicted octanol–water partition coefficient (Wildman–Crippen LogP) is 0.861. The van der Waals surface area contributed by atoms with Gasteiger partial charge in [-0.25, -0.2) is 0 Å². The molecule has 0 aromatic heterocycles. The van der Waals surface area contributed by atoms with E-state index in [-0.39, 0.29) is 24.0 Å². The summed E-state index contributed by atoms with van der Waals surface area (Å²) in [6.45, 7) is 6.84. The summed E-state index contributed by atoms with van der Waals surface area (Å²) in [7, 11) is 0. The molecule has 3 heteroatoms. The van der Waals surface area contributed by atoms with Crippen molar-refractivity contribution in [3.63, 3.8) is 0 Å². The fourth-order valence-corrected chi connectivity index (χ4v) is 0.527. The lowest BCUT2D eigenvalue weighted by atomic mass is 10.1. The number of carbonyl (C=O) groups is 2. The lowest BCUT2D eigenvalue weighted by Crippen LogP contribution is -2.22. The highest BCUT2D eigenvalue weighted by molar-refractivity contribution is 5.99. The van der Waals surface area contributed by atoms with Crippen molar-refractivity contribution in [1.29, 1.82) is 0 Å². The number of carbonyl (C=O) groups excluding carboxylic acids is 2. The number of nitrogens with one attached hydrogen (secondary N) is 1. The van der Waals surface area contributed by atoms with Gasteiger partial charge in [0.05, 0.1) is 6.42 Å². The summed E-state index contributed by atoms with van der Waals surface area (Å²) in [5.74, 6) is -0.423. The molecule has 1 amide bonds. The van der Waals surface area contributed by atoms with Crippen LogP contribution in [0.3, 0.4) is 0 Å². The first-order chi connectivity index (χ1) is 5.07. The standard InChI is InChI=1S/C8H13NO2/c1-4-9-8(11)5-7(10)6(2)3/h4,6H,1,5H2,2-3H3,(H,9,11). The predicted molar refractivity (Wildman–Crippen MR) is 42.8 cm³/mol. The minimum absolute atomic E-state index is 0.0515. The lowest BCUT2D eigenvalue weighted by molar-refractivity contribution is -0.129. The number of hydrogen-bond donors (Lipinski definition) is 1. The summed E-state index contributed by atoms with van der Waals surface area (Å²) in [5, 5.41) is 2.34. The molecule has 0 saturated carbocycles. The van der Waals surface area contributed by atoms with E-state index in [0.29, 0.717) is 0 Å². The van der Waals surface area contributed by atoms with Gasteiger partial charge < -0.3 is 5.32 Å². The first-order valence-electron chi connectivity index (χ1n) is 3.51. The molecule has 0 aromatic rings. The quantitative estimate of drug-likeness (QED) is 0.612. The molecule has 11 heavy (non-hydrogen) atoms. The van der Waals surface area contributed by atoms with Gasteiger partial charge in [-0.05, 0) is 6.20 Å². The van der Waals surface area contributed by atoms with Gasteiger partial charge in [-0.2, -0.15) is 0 Å². The van der Waals surface area contributed by atoms with Gasteiger partial charge in [0.1, 0.15) is 5.78 Å². The van der Waals surface area contributed by atoms with Crippen LogP contribution in [0.4, 0.5) is 0 Å². The summed E-state index contributed by atoms with van der Waals surface area (Å²) in [4.78, 5) is 21.7. The number of rotatable bonds is 4. The second kappa shape index (κ2) is 4.66. The maximum Gasteiger partial charge on any atom is 0.231 e. The maximum absolute atomic E-state index is 10.9. The average molecular weight is 155 g/mol. The fraction of sp³-hybridized carbons (Fsp3) is 0.500. The van der Waals surface area contributed by atoms with Crippen LogP contribution in [0.5, 0.6) is 0 Å². The highest BCUT2D eigenvalue weighted by Gasteiger charge is 2.10. The van der Waals surface area contributed by atoms with E-state index in [4.69, 9.17) is 0 Å². The molecule has 0 radical (unpaired) electrons. The van der Waals surface area contributed by atoms with E-state index < -0.39 is 0 Å². The number of ketones is 1. The number of hydrogen-bond acceptors (Lipinski definition) is 2. The Morgan fingerprint density at radius 2 is 2.09 bits per heavy atom. The van der Waals surface area contributed by atoms with Crippen LogP contribution in [0, 0.1) is 5.92 Å². The Morgan fingerprint density at radius 1 is 1.55 bits per heavy atom. The zero-order valence-electron chi connectivity index (χ0n) is 6.89. The molecule has 3 nitrogen and oxygen atoms in total. The first kappa shape index (κ1) is 9.88. The second-order valence-corrected chi connectivity index (χ2v) is 2.57. The van der Waals surface area contributed by atoms with E-state index in [1.54, 1.807) is 13.8 Å². The van der Waals surface area contributed by atoms with Crippen LogP contribution in [-0.4, -0.2) is 11.7 Å². The van der Waals surface area contributed by atoms with Crippen molar-refractivity contribution in [1.82, 2.24) is 5.32 Å². The van der Waals surface area contributed by atoms with Crippen molar-refractivity contribution >= 4 is 11.7 Å². The molecule has 0 rings (SSSR count). The van der Waals surface area contributed by atoms with Crippen LogP contribution in [0.25, 0.3) is 0 Å². The zero-order valence-corrected chi connectivity index (χ0v) is 6.89. The van der Waals surface area contributed by atoms with Crippen molar-refractivity contribution in [2.45, 2.75) is 20.3 Å². The lowest BCUT2D eigenvalue weighted by Gasteiger charge is -2.01. The van der Waals surface area contributed by atoms with Crippen molar-refractivity contribution < 1.29 is 9.59 Å². The van der Waals surface area contributed by atoms with Crippen molar-refractivity contribution in [3.05, 3.63) is 12.8 Å². The molecule has 0 aromatic carbocycles. The van der Waals surface area contributed by atoms with E-state index in [0.717, 1.165) is 0 Å². The van der Waals surface area contributed by atoms with Gasteiger partial charge in [0, 0.05) is 5.92 Å². The third-order valence-corrected chi connectivity index (χ3v) is 1.24. The molecule has 0 bridgehead atoms. The van der Waals surface area contributed by atoms with E-state index in [9.17, 15) is 9.59 Å². The van der Waals surface area contributed by atoms with Gasteiger partial charge in [-0.3, -0.25) is 9.59 Å². The number of Topliss-reactive ketones (excluding diaryl/α,β-unsaturated/α-hetero) is 1. The molecular formula is C8H13NO2. The van der Waals surface area contributed by atoms with Crippen LogP contribution in [0.15, 0.2) is 12.8 Å². The van der Waals surface area contributed by atoms with Crippen LogP contribution in [0.1, 0.15) is 20.3 Å². The second-order valence-electron chi connectivity index (χ2n) is 2.57. The van der Waals surface area contributed by atoms with Crippen molar-refractivity contribution in [2.75, 3.05) is 0 Å². The summed E-state index contributed by atoms with van der Waals surface area (Å²) in [6.07, 6.45) is 1.22. The van der Waals surface area contributed by atoms with Gasteiger partial charge in [0.25, 0.3) is 0 Å². The maximum atomic E-state index is 10.9. The van der Waals surface area contributed by atoms with Crippen molar-refractivity contribution in [2.24, 2.45) is 5.92 Å². The van der Waals surface area contributed by atoms with Crippen LogP contribution < -0.4 is 5.32 Å². The Morgan fingerprint density at radius 3 is 2.45 bits per heavy atom. The molecule has 0 aliphatic carbocycles. The van der Waals surface area contributed by atoms with E-state index in [1.165, 1.54) is 6.20 Å². The topological polar surface area (TPSA) is 46.2 Å². The van der Waals surface area contributed by atoms with Gasteiger partial charge in [-0.1, -0.05) is 20.4 Å². The molecular weight excluding hydrogens is 142 g/mol. The molecule has 0 spiro atoms. The fourth-order valence-electron chi connectivity index (χ4n) is 0.527. The Kier molecular flexibility index (Phi) is 4.18. The Bertz CT molecular complexity index is 173. The van der Waals surface area contributed by atoms with Gasteiger partial charge in [0.2, 0.25) is 5.91 Å². The largest absolute Gasteiger partial charge is 0.333 e. The van der Waals surface area contributed by atoms with E-state index >= 15 is 0 Å². The van der Waals surface area contributed by atoms with Crippen LogP contribution >= 0.6 is 0 Å². The summed E-state index contributed by atoms with van der Waals surface area (Å²) in [5.41, 5.74) is 0. The zero-order chi connectivity index (χ0) is 8.85. The van der Waals surface area contributed by atoms with Crippen molar-refractivity contribution in [3.8, 4) is 0 Å². The van der Waals surface area contributed by atoms with E-state index in [2.05, 4.69) is 11.9 Å². The van der Waals surface area contributed by atoms with Gasteiger partial charge in [-0.15, -0.1) is 0 Å². The average Bonchev–Trinajstić information content (AvgIpc) is 1.87. The summed E-state index contributed by atoms with van der Waals surface area (Å²) in [6, 6.07) is 0. The Hall–Kier alpha value is -1.12. The molecule has 0 heterocycles.